The molecule has 2 rings (SSSR count). The van der Waals surface area contributed by atoms with Gasteiger partial charge in [-0.1, -0.05) is 29.8 Å². The molecule has 0 aliphatic carbocycles. The second-order valence-electron chi connectivity index (χ2n) is 3.76. The minimum atomic E-state index is 0.0272. The number of ketones is 1. The van der Waals surface area contributed by atoms with Gasteiger partial charge in [0.2, 0.25) is 5.78 Å². The Kier molecular flexibility index (Phi) is 2.86. The van der Waals surface area contributed by atoms with Gasteiger partial charge in [0.05, 0.1) is 12.5 Å². The third-order valence-corrected chi connectivity index (χ3v) is 2.60. The van der Waals surface area contributed by atoms with Crippen LogP contribution in [0.1, 0.15) is 28.5 Å². The fraction of sp³-hybridized carbons (Fsp3) is 0.231. The summed E-state index contributed by atoms with van der Waals surface area (Å²) in [6, 6.07) is 7.59. The summed E-state index contributed by atoms with van der Waals surface area (Å²) in [7, 11) is 0. The number of hydrogen-bond acceptors (Lipinski definition) is 2. The molecule has 0 saturated carbocycles. The molecule has 0 fully saturated rings. The Balaban J connectivity index is 2.35. The zero-order valence-electron chi connectivity index (χ0n) is 9.47. The number of aromatic nitrogens is 2. The van der Waals surface area contributed by atoms with Crippen LogP contribution in [0, 0.1) is 6.92 Å². The third kappa shape index (κ3) is 1.89. The predicted octanol–water partition coefficient (Wildman–Crippen LogP) is 2.44. The Morgan fingerprint density at radius 3 is 2.62 bits per heavy atom. The molecule has 0 amide bonds. The molecule has 0 saturated heterocycles. The van der Waals surface area contributed by atoms with Crippen LogP contribution in [-0.4, -0.2) is 15.3 Å². The van der Waals surface area contributed by atoms with Gasteiger partial charge in [0, 0.05) is 12.1 Å². The number of hydrogen-bond donors (Lipinski definition) is 0. The summed E-state index contributed by atoms with van der Waals surface area (Å²) in [6.45, 7) is 4.76. The molecule has 82 valence electrons. The summed E-state index contributed by atoms with van der Waals surface area (Å²) in [6.07, 6.45) is 3.30. The summed E-state index contributed by atoms with van der Waals surface area (Å²) < 4.78 is 1.85. The Morgan fingerprint density at radius 2 is 2.00 bits per heavy atom. The first-order chi connectivity index (χ1) is 7.72. The van der Waals surface area contributed by atoms with Gasteiger partial charge in [0.25, 0.3) is 0 Å². The normalized spacial score (nSPS) is 10.4. The lowest BCUT2D eigenvalue weighted by molar-refractivity contribution is 0.103. The largest absolute Gasteiger partial charge is 0.328 e. The van der Waals surface area contributed by atoms with Crippen LogP contribution in [0.4, 0.5) is 0 Å². The summed E-state index contributed by atoms with van der Waals surface area (Å²) in [4.78, 5) is 16.1. The van der Waals surface area contributed by atoms with Crippen molar-refractivity contribution < 1.29 is 4.79 Å². The molecule has 0 atom stereocenters. The summed E-state index contributed by atoms with van der Waals surface area (Å²) in [5.74, 6) is 0.0272. The maximum Gasteiger partial charge on any atom is 0.211 e. The molecule has 2 aromatic rings. The lowest BCUT2D eigenvalue weighted by atomic mass is 10.1. The average molecular weight is 214 g/mol. The van der Waals surface area contributed by atoms with Gasteiger partial charge in [-0.25, -0.2) is 4.98 Å². The number of rotatable bonds is 3. The van der Waals surface area contributed by atoms with E-state index in [9.17, 15) is 4.79 Å². The van der Waals surface area contributed by atoms with Crippen molar-refractivity contribution in [2.45, 2.75) is 20.4 Å². The maximum atomic E-state index is 12.1. The molecular formula is C13H14N2O. The molecule has 1 heterocycles. The molecule has 0 aliphatic heterocycles. The van der Waals surface area contributed by atoms with Gasteiger partial charge >= 0.3 is 0 Å². The zero-order valence-corrected chi connectivity index (χ0v) is 9.47. The van der Waals surface area contributed by atoms with Crippen LogP contribution < -0.4 is 0 Å². The minimum Gasteiger partial charge on any atom is -0.328 e. The van der Waals surface area contributed by atoms with Crippen molar-refractivity contribution in [2.75, 3.05) is 0 Å². The fourth-order valence-corrected chi connectivity index (χ4v) is 1.61. The van der Waals surface area contributed by atoms with E-state index < -0.39 is 0 Å². The number of nitrogens with zero attached hydrogens (tertiary/aromatic N) is 2. The quantitative estimate of drug-likeness (QED) is 0.735. The van der Waals surface area contributed by atoms with E-state index in [-0.39, 0.29) is 5.78 Å². The number of imidazole rings is 1. The van der Waals surface area contributed by atoms with Crippen LogP contribution in [0.2, 0.25) is 0 Å². The Bertz CT molecular complexity index is 497. The molecular weight excluding hydrogens is 200 g/mol. The van der Waals surface area contributed by atoms with E-state index in [0.717, 1.165) is 12.1 Å². The van der Waals surface area contributed by atoms with Crippen LogP contribution in [-0.2, 0) is 6.54 Å². The molecule has 0 radical (unpaired) electrons. The van der Waals surface area contributed by atoms with Crippen molar-refractivity contribution in [2.24, 2.45) is 0 Å². The molecule has 0 unspecified atom stereocenters. The summed E-state index contributed by atoms with van der Waals surface area (Å²) in [5.41, 5.74) is 2.51. The molecule has 3 heteroatoms. The second-order valence-corrected chi connectivity index (χ2v) is 3.76. The van der Waals surface area contributed by atoms with E-state index in [4.69, 9.17) is 0 Å². The lowest BCUT2D eigenvalue weighted by Gasteiger charge is -2.04. The number of carbonyl (C=O) groups excluding carboxylic acids is 1. The van der Waals surface area contributed by atoms with E-state index in [2.05, 4.69) is 4.98 Å². The van der Waals surface area contributed by atoms with Crippen molar-refractivity contribution in [3.05, 3.63) is 53.6 Å². The molecule has 1 aromatic carbocycles. The summed E-state index contributed by atoms with van der Waals surface area (Å²) in [5, 5.41) is 0. The predicted molar refractivity (Wildman–Crippen MR) is 62.5 cm³/mol. The van der Waals surface area contributed by atoms with Crippen molar-refractivity contribution in [3.63, 3.8) is 0 Å². The zero-order chi connectivity index (χ0) is 11.5. The maximum absolute atomic E-state index is 12.1. The first kappa shape index (κ1) is 10.6. The first-order valence-electron chi connectivity index (χ1n) is 5.34. The van der Waals surface area contributed by atoms with Gasteiger partial charge in [0.1, 0.15) is 5.69 Å². The first-order valence-corrected chi connectivity index (χ1v) is 5.34. The van der Waals surface area contributed by atoms with E-state index in [1.165, 1.54) is 0 Å². The Hall–Kier alpha value is -1.90. The number of aryl methyl sites for hydroxylation is 2. The van der Waals surface area contributed by atoms with Crippen LogP contribution in [0.5, 0.6) is 0 Å². The fourth-order valence-electron chi connectivity index (χ4n) is 1.61. The summed E-state index contributed by atoms with van der Waals surface area (Å²) >= 11 is 0. The lowest BCUT2D eigenvalue weighted by Crippen LogP contribution is -2.08. The minimum absolute atomic E-state index is 0.0272. The van der Waals surface area contributed by atoms with Crippen molar-refractivity contribution in [1.29, 1.82) is 0 Å². The van der Waals surface area contributed by atoms with E-state index in [1.54, 1.807) is 12.5 Å². The van der Waals surface area contributed by atoms with Gasteiger partial charge in [-0.05, 0) is 13.8 Å². The van der Waals surface area contributed by atoms with Crippen LogP contribution in [0.3, 0.4) is 0 Å². The molecule has 0 bridgehead atoms. The highest BCUT2D eigenvalue weighted by Crippen LogP contribution is 2.10. The molecule has 0 spiro atoms. The topological polar surface area (TPSA) is 34.9 Å². The highest BCUT2D eigenvalue weighted by atomic mass is 16.1. The highest BCUT2D eigenvalue weighted by Gasteiger charge is 2.12. The molecule has 0 N–H and O–H groups in total. The SMILES string of the molecule is CCn1cncc1C(=O)c1ccc(C)cc1. The third-order valence-electron chi connectivity index (χ3n) is 2.60. The van der Waals surface area contributed by atoms with Crippen molar-refractivity contribution in [3.8, 4) is 0 Å². The Morgan fingerprint density at radius 1 is 1.31 bits per heavy atom. The standard InChI is InChI=1S/C13H14N2O/c1-3-15-9-14-8-12(15)13(16)11-6-4-10(2)5-7-11/h4-9H,3H2,1-2H3. The van der Waals surface area contributed by atoms with Gasteiger partial charge in [-0.2, -0.15) is 0 Å². The van der Waals surface area contributed by atoms with Crippen molar-refractivity contribution in [1.82, 2.24) is 9.55 Å². The highest BCUT2D eigenvalue weighted by molar-refractivity contribution is 6.07. The van der Waals surface area contributed by atoms with E-state index >= 15 is 0 Å². The van der Waals surface area contributed by atoms with E-state index in [1.807, 2.05) is 42.7 Å². The van der Waals surface area contributed by atoms with Crippen LogP contribution >= 0.6 is 0 Å². The average Bonchev–Trinajstić information content (AvgIpc) is 2.77. The molecule has 0 aliphatic rings. The second kappa shape index (κ2) is 4.31. The molecule has 1 aromatic heterocycles. The molecule has 16 heavy (non-hydrogen) atoms. The monoisotopic (exact) mass is 214 g/mol. The number of carbonyl (C=O) groups is 1. The van der Waals surface area contributed by atoms with Crippen LogP contribution in [0.15, 0.2) is 36.8 Å². The van der Waals surface area contributed by atoms with Gasteiger partial charge in [-0.3, -0.25) is 4.79 Å². The van der Waals surface area contributed by atoms with Crippen molar-refractivity contribution >= 4 is 5.78 Å². The van der Waals surface area contributed by atoms with Crippen LogP contribution in [0.25, 0.3) is 0 Å². The van der Waals surface area contributed by atoms with Gasteiger partial charge in [0.15, 0.2) is 0 Å². The van der Waals surface area contributed by atoms with E-state index in [0.29, 0.717) is 11.3 Å². The smallest absolute Gasteiger partial charge is 0.211 e. The van der Waals surface area contributed by atoms with Gasteiger partial charge < -0.3 is 4.57 Å². The Labute approximate surface area is 94.7 Å². The number of benzene rings is 1. The van der Waals surface area contributed by atoms with Gasteiger partial charge in [-0.15, -0.1) is 0 Å². The molecule has 3 nitrogen and oxygen atoms in total.